The highest BCUT2D eigenvalue weighted by Crippen LogP contribution is 2.52. The van der Waals surface area contributed by atoms with E-state index in [1.54, 1.807) is 0 Å². The molecular formula is C24H21P3. The van der Waals surface area contributed by atoms with Crippen LogP contribution in [0.5, 0.6) is 0 Å². The first-order valence-electron chi connectivity index (χ1n) is 8.98. The molecule has 0 aromatic heterocycles. The van der Waals surface area contributed by atoms with E-state index in [-0.39, 0.29) is 0 Å². The molecule has 0 fully saturated rings. The molecule has 0 bridgehead atoms. The van der Waals surface area contributed by atoms with Gasteiger partial charge in [0.1, 0.15) is 0 Å². The van der Waals surface area contributed by atoms with Crippen molar-refractivity contribution in [2.24, 2.45) is 0 Å². The summed E-state index contributed by atoms with van der Waals surface area (Å²) in [5, 5.41) is 7.28. The highest BCUT2D eigenvalue weighted by Gasteiger charge is 2.18. The van der Waals surface area contributed by atoms with Crippen LogP contribution in [-0.2, 0) is 0 Å². The molecule has 0 amide bonds. The molecule has 0 saturated carbocycles. The lowest BCUT2D eigenvalue weighted by Crippen LogP contribution is -2.24. The molecule has 4 aromatic carbocycles. The van der Waals surface area contributed by atoms with Gasteiger partial charge in [0.2, 0.25) is 0 Å². The second-order valence-electron chi connectivity index (χ2n) is 6.16. The molecule has 3 heteroatoms. The minimum absolute atomic E-state index is 0.409. The average Bonchev–Trinajstić information content (AvgIpc) is 2.75. The summed E-state index contributed by atoms with van der Waals surface area (Å²) in [6.07, 6.45) is 0. The van der Waals surface area contributed by atoms with Gasteiger partial charge in [-0.1, -0.05) is 132 Å². The third kappa shape index (κ3) is 4.91. The van der Waals surface area contributed by atoms with Crippen molar-refractivity contribution in [2.45, 2.75) is 0 Å². The Balaban J connectivity index is 1.74. The standard InChI is InChI=1S/C24H21P3/c1-4-12-20(13-5-1)25-23-18-10-11-19-24(23)27(22-16-8-3-9-17-22)26-21-14-6-2-7-15-21/h1-19,25-26H. The predicted octanol–water partition coefficient (Wildman–Crippen LogP) is 4.67. The van der Waals surface area contributed by atoms with Crippen molar-refractivity contribution in [3.63, 3.8) is 0 Å². The molecule has 3 unspecified atom stereocenters. The molecule has 4 aromatic rings. The van der Waals surface area contributed by atoms with Gasteiger partial charge in [0.25, 0.3) is 0 Å². The molecule has 0 heterocycles. The Labute approximate surface area is 166 Å². The van der Waals surface area contributed by atoms with Crippen molar-refractivity contribution in [1.29, 1.82) is 0 Å². The summed E-state index contributed by atoms with van der Waals surface area (Å²) in [6, 6.07) is 41.8. The van der Waals surface area contributed by atoms with Crippen LogP contribution >= 0.6 is 24.5 Å². The second-order valence-corrected chi connectivity index (χ2v) is 12.0. The first kappa shape index (κ1) is 18.5. The Morgan fingerprint density at radius 3 is 1.67 bits per heavy atom. The lowest BCUT2D eigenvalue weighted by molar-refractivity contribution is 1.77. The Morgan fingerprint density at radius 2 is 1.00 bits per heavy atom. The zero-order valence-corrected chi connectivity index (χ0v) is 17.8. The van der Waals surface area contributed by atoms with E-state index in [4.69, 9.17) is 0 Å². The highest BCUT2D eigenvalue weighted by molar-refractivity contribution is 8.31. The van der Waals surface area contributed by atoms with E-state index >= 15 is 0 Å². The fraction of sp³-hybridized carbons (Fsp3) is 0. The van der Waals surface area contributed by atoms with Crippen LogP contribution in [0.15, 0.2) is 115 Å². The molecule has 0 nitrogen and oxygen atoms in total. The van der Waals surface area contributed by atoms with Crippen LogP contribution in [0, 0.1) is 0 Å². The minimum Gasteiger partial charge on any atom is -0.0622 e. The summed E-state index contributed by atoms with van der Waals surface area (Å²) in [7, 11) is 1.06. The zero-order valence-electron chi connectivity index (χ0n) is 14.9. The van der Waals surface area contributed by atoms with E-state index in [2.05, 4.69) is 115 Å². The predicted molar refractivity (Wildman–Crippen MR) is 127 cm³/mol. The van der Waals surface area contributed by atoms with Gasteiger partial charge in [-0.05, 0) is 34.1 Å². The molecule has 3 atom stereocenters. The van der Waals surface area contributed by atoms with Crippen LogP contribution in [0.2, 0.25) is 0 Å². The highest BCUT2D eigenvalue weighted by atomic mass is 32.0. The molecule has 0 aliphatic carbocycles. The van der Waals surface area contributed by atoms with Crippen LogP contribution in [0.4, 0.5) is 0 Å². The van der Waals surface area contributed by atoms with E-state index in [1.807, 2.05) is 0 Å². The van der Waals surface area contributed by atoms with Crippen LogP contribution in [0.1, 0.15) is 0 Å². The van der Waals surface area contributed by atoms with E-state index < -0.39 is 7.61 Å². The van der Waals surface area contributed by atoms with Crippen LogP contribution in [0.3, 0.4) is 0 Å². The smallest absolute Gasteiger partial charge is 0.00743 e. The average molecular weight is 402 g/mol. The van der Waals surface area contributed by atoms with Gasteiger partial charge < -0.3 is 0 Å². The van der Waals surface area contributed by atoms with Crippen LogP contribution < -0.4 is 26.5 Å². The third-order valence-corrected chi connectivity index (χ3v) is 11.2. The fourth-order valence-electron chi connectivity index (χ4n) is 2.93. The summed E-state index contributed by atoms with van der Waals surface area (Å²) in [6.45, 7) is 0. The zero-order chi connectivity index (χ0) is 18.3. The number of hydrogen-bond acceptors (Lipinski definition) is 0. The summed E-state index contributed by atoms with van der Waals surface area (Å²) >= 11 is 0. The Morgan fingerprint density at radius 1 is 0.481 bits per heavy atom. The van der Waals surface area contributed by atoms with Gasteiger partial charge in [-0.3, -0.25) is 0 Å². The van der Waals surface area contributed by atoms with E-state index in [0.29, 0.717) is 8.58 Å². The summed E-state index contributed by atoms with van der Waals surface area (Å²) in [4.78, 5) is 0. The van der Waals surface area contributed by atoms with Gasteiger partial charge >= 0.3 is 0 Å². The molecule has 0 N–H and O–H groups in total. The fourth-order valence-corrected chi connectivity index (χ4v) is 9.98. The van der Waals surface area contributed by atoms with Gasteiger partial charge in [0.15, 0.2) is 0 Å². The molecule has 132 valence electrons. The van der Waals surface area contributed by atoms with Crippen molar-refractivity contribution < 1.29 is 0 Å². The van der Waals surface area contributed by atoms with E-state index in [1.165, 1.54) is 26.5 Å². The lowest BCUT2D eigenvalue weighted by Gasteiger charge is -2.22. The molecule has 0 aliphatic rings. The first-order valence-corrected chi connectivity index (χ1v) is 13.2. The Hall–Kier alpha value is -1.83. The van der Waals surface area contributed by atoms with Gasteiger partial charge in [0, 0.05) is 0 Å². The van der Waals surface area contributed by atoms with Gasteiger partial charge in [-0.15, -0.1) is 0 Å². The van der Waals surface area contributed by atoms with E-state index in [9.17, 15) is 0 Å². The summed E-state index contributed by atoms with van der Waals surface area (Å²) < 4.78 is 0. The topological polar surface area (TPSA) is 0 Å². The molecule has 27 heavy (non-hydrogen) atoms. The van der Waals surface area contributed by atoms with Gasteiger partial charge in [-0.2, -0.15) is 0 Å². The van der Waals surface area contributed by atoms with Crippen molar-refractivity contribution in [3.05, 3.63) is 115 Å². The van der Waals surface area contributed by atoms with Crippen molar-refractivity contribution >= 4 is 51.0 Å². The molecule has 0 spiro atoms. The lowest BCUT2D eigenvalue weighted by atomic mass is 10.4. The van der Waals surface area contributed by atoms with Gasteiger partial charge in [-0.25, -0.2) is 0 Å². The summed E-state index contributed by atoms with van der Waals surface area (Å²) in [5.74, 6) is 0. The molecule has 0 aliphatic heterocycles. The third-order valence-electron chi connectivity index (χ3n) is 4.23. The first-order chi connectivity index (χ1) is 13.4. The largest absolute Gasteiger partial charge is 0.0622 e. The maximum Gasteiger partial charge on any atom is -0.00743 e. The van der Waals surface area contributed by atoms with Crippen molar-refractivity contribution in [3.8, 4) is 0 Å². The van der Waals surface area contributed by atoms with Gasteiger partial charge in [0.05, 0.1) is 0 Å². The molecule has 4 rings (SSSR count). The minimum atomic E-state index is -0.409. The Bertz CT molecular complexity index is 970. The number of hydrogen-bond donors (Lipinski definition) is 0. The second kappa shape index (κ2) is 9.39. The summed E-state index contributed by atoms with van der Waals surface area (Å²) in [5.41, 5.74) is 0. The van der Waals surface area contributed by atoms with Crippen molar-refractivity contribution in [2.75, 3.05) is 0 Å². The maximum atomic E-state index is 2.35. The SMILES string of the molecule is c1ccc(Pc2ccccc2P(Pc2ccccc2)c2ccccc2)cc1. The molecule has 0 saturated heterocycles. The Kier molecular flexibility index (Phi) is 6.45. The number of rotatable bonds is 6. The van der Waals surface area contributed by atoms with Crippen molar-refractivity contribution in [1.82, 2.24) is 0 Å². The normalized spacial score (nSPS) is 12.7. The quantitative estimate of drug-likeness (QED) is 0.412. The number of benzene rings is 4. The van der Waals surface area contributed by atoms with E-state index in [0.717, 1.165) is 8.27 Å². The monoisotopic (exact) mass is 402 g/mol. The molecule has 0 radical (unpaired) electrons. The van der Waals surface area contributed by atoms with Crippen LogP contribution in [-0.4, -0.2) is 0 Å². The molecular weight excluding hydrogens is 381 g/mol. The van der Waals surface area contributed by atoms with Crippen LogP contribution in [0.25, 0.3) is 0 Å². The maximum absolute atomic E-state index is 2.35.